The Morgan fingerprint density at radius 1 is 0.600 bits per heavy atom. The predicted octanol–water partition coefficient (Wildman–Crippen LogP) is 4.31. The summed E-state index contributed by atoms with van der Waals surface area (Å²) >= 11 is 0. The van der Waals surface area contributed by atoms with E-state index in [1.807, 2.05) is 0 Å². The van der Waals surface area contributed by atoms with Gasteiger partial charge in [-0.3, -0.25) is 0 Å². The number of hydrogen-bond donors (Lipinski definition) is 0. The van der Waals surface area contributed by atoms with E-state index < -0.39 is 0 Å². The smallest absolute Gasteiger partial charge is 0.0221 e. The molecule has 1 radical (unpaired) electrons. The van der Waals surface area contributed by atoms with Gasteiger partial charge in [-0.15, -0.1) is 0 Å². The molecule has 0 aliphatic carbocycles. The van der Waals surface area contributed by atoms with Crippen molar-refractivity contribution in [1.82, 2.24) is 0 Å². The molecule has 1 aliphatic heterocycles. The van der Waals surface area contributed by atoms with Crippen molar-refractivity contribution in [3.8, 4) is 0 Å². The van der Waals surface area contributed by atoms with Crippen LogP contribution in [0.15, 0.2) is 0 Å². The van der Waals surface area contributed by atoms with Crippen molar-refractivity contribution < 1.29 is 0 Å². The Morgan fingerprint density at radius 3 is 1.40 bits per heavy atom. The minimum atomic E-state index is 1.61. The van der Waals surface area contributed by atoms with Crippen LogP contribution in [0.5, 0.6) is 0 Å². The highest BCUT2D eigenvalue weighted by Gasteiger charge is 1.78. The molecular formula is P5. The van der Waals surface area contributed by atoms with Crippen LogP contribution in [-0.2, 0) is 0 Å². The Hall–Kier alpha value is 1.63. The Kier molecular flexibility index (Phi) is 2.63. The van der Waals surface area contributed by atoms with Crippen LogP contribution in [0.2, 0.25) is 0 Å². The normalized spacial score (nSPS) is 35.2. The second kappa shape index (κ2) is 2.75. The van der Waals surface area contributed by atoms with E-state index in [1.165, 1.54) is 0 Å². The molecule has 0 amide bonds. The quantitative estimate of drug-likeness (QED) is 0.457. The highest BCUT2D eigenvalue weighted by Crippen LogP contribution is 2.64. The molecule has 0 fully saturated rings. The average molecular weight is 155 g/mol. The van der Waals surface area contributed by atoms with E-state index in [0.29, 0.717) is 0 Å². The van der Waals surface area contributed by atoms with Crippen molar-refractivity contribution in [3.05, 3.63) is 0 Å². The van der Waals surface area contributed by atoms with Gasteiger partial charge < -0.3 is 0 Å². The van der Waals surface area contributed by atoms with Gasteiger partial charge in [-0.1, -0.05) is 0 Å². The van der Waals surface area contributed by atoms with Gasteiger partial charge in [0.15, 0.2) is 0 Å². The summed E-state index contributed by atoms with van der Waals surface area (Å²) in [5, 5.41) is 0. The van der Waals surface area contributed by atoms with Gasteiger partial charge in [0.2, 0.25) is 0 Å². The molecule has 25 valence electrons. The molecule has 0 nitrogen and oxygen atoms in total. The molecule has 0 spiro atoms. The summed E-state index contributed by atoms with van der Waals surface area (Å²) < 4.78 is 0. The summed E-state index contributed by atoms with van der Waals surface area (Å²) in [7, 11) is 8.06. The molecule has 0 aromatic rings. The topological polar surface area (TPSA) is 0 Å². The molecule has 5 heavy (non-hydrogen) atoms. The summed E-state index contributed by atoms with van der Waals surface area (Å²) in [5.74, 6) is 0. The van der Waals surface area contributed by atoms with E-state index in [-0.39, 0.29) is 0 Å². The van der Waals surface area contributed by atoms with Crippen LogP contribution in [0.3, 0.4) is 0 Å². The van der Waals surface area contributed by atoms with Crippen LogP contribution in [0.25, 0.3) is 0 Å². The largest absolute Gasteiger partial charge is 0.0532 e. The average Bonchev–Trinajstić information content (AvgIpc) is 1.76. The van der Waals surface area contributed by atoms with Crippen LogP contribution >= 0.6 is 38.2 Å². The van der Waals surface area contributed by atoms with Gasteiger partial charge in [-0.2, -0.15) is 0 Å². The maximum atomic E-state index is 1.61. The van der Waals surface area contributed by atoms with Crippen LogP contribution in [-0.4, -0.2) is 0 Å². The van der Waals surface area contributed by atoms with Crippen molar-refractivity contribution >= 4 is 38.2 Å². The first kappa shape index (κ1) is 4.78. The van der Waals surface area contributed by atoms with E-state index in [1.54, 1.807) is 38.2 Å². The molecule has 0 N–H and O–H groups in total. The van der Waals surface area contributed by atoms with Crippen molar-refractivity contribution in [1.29, 1.82) is 0 Å². The van der Waals surface area contributed by atoms with Gasteiger partial charge >= 0.3 is 0 Å². The minimum absolute atomic E-state index is 1.61. The molecular weight excluding hydrogens is 155 g/mol. The van der Waals surface area contributed by atoms with Gasteiger partial charge in [-0.25, -0.2) is 0 Å². The highest BCUT2D eigenvalue weighted by molar-refractivity contribution is 8.70. The van der Waals surface area contributed by atoms with Crippen molar-refractivity contribution in [2.24, 2.45) is 0 Å². The third-order valence-electron chi connectivity index (χ3n) is 0.200. The molecule has 0 unspecified atom stereocenters. The lowest BCUT2D eigenvalue weighted by atomic mass is 29.5. The second-order valence-electron chi connectivity index (χ2n) is 0.447. The van der Waals surface area contributed by atoms with Gasteiger partial charge in [0.25, 0.3) is 0 Å². The van der Waals surface area contributed by atoms with Crippen LogP contribution in [0, 0.1) is 0 Å². The van der Waals surface area contributed by atoms with Crippen molar-refractivity contribution in [2.75, 3.05) is 0 Å². The molecule has 0 bridgehead atoms. The molecule has 1 rings (SSSR count). The Labute approximate surface area is 38.8 Å². The fourth-order valence-corrected chi connectivity index (χ4v) is 21.7. The fraction of sp³-hybridized carbons (Fsp3) is 0. The van der Waals surface area contributed by atoms with Crippen molar-refractivity contribution in [2.45, 2.75) is 0 Å². The molecule has 0 atom stereocenters. The molecule has 1 aliphatic rings. The first-order valence-corrected chi connectivity index (χ1v) is 9.00. The molecule has 0 saturated carbocycles. The summed E-state index contributed by atoms with van der Waals surface area (Å²) in [4.78, 5) is 0. The first-order chi connectivity index (χ1) is 2.50. The summed E-state index contributed by atoms with van der Waals surface area (Å²) in [6.07, 6.45) is 0. The summed E-state index contributed by atoms with van der Waals surface area (Å²) in [6.45, 7) is 0. The maximum absolute atomic E-state index is 1.61. The minimum Gasteiger partial charge on any atom is -0.0221 e. The highest BCUT2D eigenvalue weighted by atomic mass is 32.7. The van der Waals surface area contributed by atoms with Gasteiger partial charge in [0, 0.05) is 0 Å². The lowest BCUT2D eigenvalue weighted by Gasteiger charge is -1.50. The zero-order valence-corrected chi connectivity index (χ0v) is 6.71. The third-order valence-corrected chi connectivity index (χ3v) is 16.2. The monoisotopic (exact) mass is 155 g/mol. The molecule has 5 heteroatoms. The lowest BCUT2D eigenvalue weighted by molar-refractivity contribution is 5.40. The molecule has 1 heterocycles. The Bertz CT molecular complexity index is 58.1. The van der Waals surface area contributed by atoms with E-state index in [2.05, 4.69) is 0 Å². The summed E-state index contributed by atoms with van der Waals surface area (Å²) in [5.41, 5.74) is 0. The number of hydrogen-bond acceptors (Lipinski definition) is 0. The zero-order chi connectivity index (χ0) is 3.54. The van der Waals surface area contributed by atoms with Crippen LogP contribution in [0.4, 0.5) is 0 Å². The first-order valence-electron chi connectivity index (χ1n) is 1.000. The van der Waals surface area contributed by atoms with Crippen molar-refractivity contribution in [3.63, 3.8) is 0 Å². The zero-order valence-electron chi connectivity index (χ0n) is 2.24. The number of rotatable bonds is 0. The van der Waals surface area contributed by atoms with E-state index in [9.17, 15) is 0 Å². The maximum Gasteiger partial charge on any atom is 0.0532 e. The van der Waals surface area contributed by atoms with E-state index >= 15 is 0 Å². The van der Waals surface area contributed by atoms with E-state index in [0.717, 1.165) is 0 Å². The Morgan fingerprint density at radius 2 is 1.20 bits per heavy atom. The third kappa shape index (κ3) is 1.69. The Balaban J connectivity index is 2.61. The SMILES string of the molecule is [P]1P=PP=P1. The van der Waals surface area contributed by atoms with Crippen LogP contribution < -0.4 is 0 Å². The van der Waals surface area contributed by atoms with Gasteiger partial charge in [0.1, 0.15) is 0 Å². The standard InChI is InChI=1S/P5/c1-2-4-5-3-1. The molecule has 0 aromatic heterocycles. The fourth-order valence-electron chi connectivity index (χ4n) is 0.0894. The van der Waals surface area contributed by atoms with E-state index in [4.69, 9.17) is 0 Å². The summed E-state index contributed by atoms with van der Waals surface area (Å²) in [6, 6.07) is 0. The molecule has 0 saturated heterocycles. The van der Waals surface area contributed by atoms with Gasteiger partial charge in [0.05, 0.1) is 7.96 Å². The van der Waals surface area contributed by atoms with Gasteiger partial charge in [-0.05, 0) is 30.2 Å². The molecule has 0 aromatic carbocycles. The second-order valence-corrected chi connectivity index (χ2v) is 12.1. The van der Waals surface area contributed by atoms with Crippen LogP contribution in [0.1, 0.15) is 0 Å². The predicted molar refractivity (Wildman–Crippen MR) is 34.6 cm³/mol. The lowest BCUT2D eigenvalue weighted by Crippen LogP contribution is -0.655.